The molecule has 0 aliphatic rings. The smallest absolute Gasteiger partial charge is 0.313 e. The van der Waals surface area contributed by atoms with Gasteiger partial charge in [-0.15, -0.1) is 0 Å². The number of hydrogen-bond acceptors (Lipinski definition) is 3. The summed E-state index contributed by atoms with van der Waals surface area (Å²) < 4.78 is 28.1. The van der Waals surface area contributed by atoms with Gasteiger partial charge in [0.1, 0.15) is 11.6 Å². The van der Waals surface area contributed by atoms with Crippen LogP contribution in [0, 0.1) is 28.9 Å². The van der Waals surface area contributed by atoms with Gasteiger partial charge < -0.3 is 15.5 Å². The summed E-state index contributed by atoms with van der Waals surface area (Å²) in [6.07, 6.45) is 0. The topological polar surface area (TPSA) is 86.6 Å². The fraction of sp³-hybridized carbons (Fsp3) is 0.304. The molecule has 2 rings (SSSR count). The van der Waals surface area contributed by atoms with Gasteiger partial charge in [0, 0.05) is 22.6 Å². The van der Waals surface area contributed by atoms with Crippen LogP contribution in [0.1, 0.15) is 51.3 Å². The number of hydrogen-bond donors (Lipinski definition) is 3. The minimum absolute atomic E-state index is 0.0720. The van der Waals surface area contributed by atoms with Crippen molar-refractivity contribution >= 4 is 17.6 Å². The van der Waals surface area contributed by atoms with Crippen LogP contribution in [0.25, 0.3) is 0 Å². The molecule has 0 aromatic heterocycles. The number of carboxylic acids is 1. The summed E-state index contributed by atoms with van der Waals surface area (Å²) >= 11 is 0. The highest BCUT2D eigenvalue weighted by Crippen LogP contribution is 2.32. The number of benzene rings is 2. The first kappa shape index (κ1) is 22.9. The van der Waals surface area contributed by atoms with Gasteiger partial charge in [-0.1, -0.05) is 32.6 Å². The molecule has 2 aromatic carbocycles. The molecule has 0 aliphatic carbocycles. The Hall–Kier alpha value is -3.40. The third kappa shape index (κ3) is 4.95. The second kappa shape index (κ2) is 8.15. The molecule has 7 heteroatoms. The van der Waals surface area contributed by atoms with Crippen molar-refractivity contribution in [2.75, 3.05) is 5.32 Å². The number of carboxylic acid groups (broad SMARTS) is 1. The van der Waals surface area contributed by atoms with Crippen LogP contribution in [0.4, 0.5) is 14.5 Å². The highest BCUT2D eigenvalue weighted by molar-refractivity contribution is 5.95. The lowest BCUT2D eigenvalue weighted by atomic mass is 9.83. The predicted molar refractivity (Wildman–Crippen MR) is 109 cm³/mol. The van der Waals surface area contributed by atoms with E-state index in [2.05, 4.69) is 17.2 Å². The highest BCUT2D eigenvalue weighted by Gasteiger charge is 2.32. The minimum Gasteiger partial charge on any atom is -0.508 e. The largest absolute Gasteiger partial charge is 0.508 e. The SMILES string of the molecule is CC(C)(C)C(=O)Nc1c(F)cc(F)cc1C#Cc1ccc(O)c(C(C)(C)C(=O)O)c1. The first-order valence-electron chi connectivity index (χ1n) is 9.13. The van der Waals surface area contributed by atoms with Crippen LogP contribution in [0.15, 0.2) is 30.3 Å². The van der Waals surface area contributed by atoms with Crippen molar-refractivity contribution in [3.63, 3.8) is 0 Å². The van der Waals surface area contributed by atoms with E-state index < -0.39 is 34.3 Å². The summed E-state index contributed by atoms with van der Waals surface area (Å²) in [5.74, 6) is 1.70. The standard InChI is InChI=1S/C23H23F2NO4/c1-22(2,3)20(28)26-19-14(11-15(24)12-17(19)25)8-6-13-7-9-18(27)16(10-13)23(4,5)21(29)30/h7,9-12,27H,1-5H3,(H,26,28)(H,29,30). The summed E-state index contributed by atoms with van der Waals surface area (Å²) in [6, 6.07) is 5.80. The van der Waals surface area contributed by atoms with Crippen LogP contribution in [0.5, 0.6) is 5.75 Å². The molecule has 1 amide bonds. The fourth-order valence-electron chi connectivity index (χ4n) is 2.47. The molecule has 3 N–H and O–H groups in total. The summed E-state index contributed by atoms with van der Waals surface area (Å²) in [5.41, 5.74) is -2.02. The number of amides is 1. The van der Waals surface area contributed by atoms with E-state index in [4.69, 9.17) is 0 Å². The van der Waals surface area contributed by atoms with Gasteiger partial charge in [-0.3, -0.25) is 9.59 Å². The highest BCUT2D eigenvalue weighted by atomic mass is 19.1. The zero-order valence-corrected chi connectivity index (χ0v) is 17.4. The second-order valence-electron chi connectivity index (χ2n) is 8.43. The fourth-order valence-corrected chi connectivity index (χ4v) is 2.47. The third-order valence-corrected chi connectivity index (χ3v) is 4.52. The predicted octanol–water partition coefficient (Wildman–Crippen LogP) is 4.42. The Balaban J connectivity index is 2.53. The molecule has 158 valence electrons. The Morgan fingerprint density at radius 1 is 1.00 bits per heavy atom. The minimum atomic E-state index is -1.38. The van der Waals surface area contributed by atoms with Crippen LogP contribution in [0.3, 0.4) is 0 Å². The van der Waals surface area contributed by atoms with E-state index in [-0.39, 0.29) is 22.6 Å². The Morgan fingerprint density at radius 3 is 2.20 bits per heavy atom. The van der Waals surface area contributed by atoms with Crippen LogP contribution in [0.2, 0.25) is 0 Å². The molecule has 0 unspecified atom stereocenters. The van der Waals surface area contributed by atoms with Crippen LogP contribution in [-0.2, 0) is 15.0 Å². The quantitative estimate of drug-likeness (QED) is 0.648. The van der Waals surface area contributed by atoms with Gasteiger partial charge in [0.25, 0.3) is 0 Å². The molecule has 5 nitrogen and oxygen atoms in total. The number of anilines is 1. The van der Waals surface area contributed by atoms with Gasteiger partial charge >= 0.3 is 5.97 Å². The number of nitrogens with one attached hydrogen (secondary N) is 1. The van der Waals surface area contributed by atoms with E-state index in [1.54, 1.807) is 20.8 Å². The summed E-state index contributed by atoms with van der Waals surface area (Å²) in [5, 5.41) is 21.9. The van der Waals surface area contributed by atoms with Gasteiger partial charge in [0.15, 0.2) is 5.82 Å². The molecule has 0 atom stereocenters. The van der Waals surface area contributed by atoms with E-state index >= 15 is 0 Å². The van der Waals surface area contributed by atoms with E-state index in [0.29, 0.717) is 11.6 Å². The van der Waals surface area contributed by atoms with Crippen molar-refractivity contribution in [3.05, 3.63) is 58.7 Å². The van der Waals surface area contributed by atoms with E-state index in [0.717, 1.165) is 6.07 Å². The molecule has 0 bridgehead atoms. The van der Waals surface area contributed by atoms with Gasteiger partial charge in [-0.25, -0.2) is 8.78 Å². The van der Waals surface area contributed by atoms with Crippen molar-refractivity contribution in [2.45, 2.75) is 40.0 Å². The van der Waals surface area contributed by atoms with Crippen molar-refractivity contribution in [1.29, 1.82) is 0 Å². The third-order valence-electron chi connectivity index (χ3n) is 4.52. The molecule has 30 heavy (non-hydrogen) atoms. The lowest BCUT2D eigenvalue weighted by Gasteiger charge is -2.21. The lowest BCUT2D eigenvalue weighted by Crippen LogP contribution is -2.28. The van der Waals surface area contributed by atoms with Crippen LogP contribution in [-0.4, -0.2) is 22.1 Å². The van der Waals surface area contributed by atoms with Gasteiger partial charge in [0.2, 0.25) is 5.91 Å². The molecule has 0 radical (unpaired) electrons. The van der Waals surface area contributed by atoms with E-state index in [9.17, 15) is 28.6 Å². The molecule has 2 aromatic rings. The van der Waals surface area contributed by atoms with Crippen LogP contribution < -0.4 is 5.32 Å². The van der Waals surface area contributed by atoms with Gasteiger partial charge in [-0.2, -0.15) is 0 Å². The Labute approximate surface area is 173 Å². The number of carbonyl (C=O) groups is 2. The maximum Gasteiger partial charge on any atom is 0.313 e. The van der Waals surface area contributed by atoms with Crippen molar-refractivity contribution in [2.24, 2.45) is 5.41 Å². The Kier molecular flexibility index (Phi) is 6.22. The Morgan fingerprint density at radius 2 is 1.63 bits per heavy atom. The summed E-state index contributed by atoms with van der Waals surface area (Å²) in [4.78, 5) is 23.7. The number of halogens is 2. The maximum absolute atomic E-state index is 14.3. The number of rotatable bonds is 3. The Bertz CT molecular complexity index is 1070. The second-order valence-corrected chi connectivity index (χ2v) is 8.43. The molecule has 0 saturated heterocycles. The van der Waals surface area contributed by atoms with Crippen molar-refractivity contribution in [1.82, 2.24) is 0 Å². The molecular formula is C23H23F2NO4. The summed E-state index contributed by atoms with van der Waals surface area (Å²) in [6.45, 7) is 7.82. The number of aliphatic carboxylic acids is 1. The first-order valence-corrected chi connectivity index (χ1v) is 9.13. The summed E-state index contributed by atoms with van der Waals surface area (Å²) in [7, 11) is 0. The zero-order valence-electron chi connectivity index (χ0n) is 17.4. The lowest BCUT2D eigenvalue weighted by molar-refractivity contribution is -0.142. The molecule has 0 heterocycles. The van der Waals surface area contributed by atoms with Gasteiger partial charge in [-0.05, 0) is 38.1 Å². The first-order chi connectivity index (χ1) is 13.7. The van der Waals surface area contributed by atoms with Crippen molar-refractivity contribution < 1.29 is 28.6 Å². The van der Waals surface area contributed by atoms with E-state index in [1.165, 1.54) is 32.0 Å². The van der Waals surface area contributed by atoms with E-state index in [1.807, 2.05) is 0 Å². The van der Waals surface area contributed by atoms with Gasteiger partial charge in [0.05, 0.1) is 16.7 Å². The molecule has 0 aliphatic heterocycles. The average Bonchev–Trinajstić information content (AvgIpc) is 2.62. The molecule has 0 saturated carbocycles. The normalized spacial score (nSPS) is 11.4. The average molecular weight is 415 g/mol. The molecule has 0 spiro atoms. The molecular weight excluding hydrogens is 392 g/mol. The monoisotopic (exact) mass is 415 g/mol. The van der Waals surface area contributed by atoms with Crippen LogP contribution >= 0.6 is 0 Å². The number of phenolic OH excluding ortho intramolecular Hbond substituents is 1. The van der Waals surface area contributed by atoms with Crippen molar-refractivity contribution in [3.8, 4) is 17.6 Å². The maximum atomic E-state index is 14.3. The zero-order chi connectivity index (χ0) is 22.9. The number of carbonyl (C=O) groups excluding carboxylic acids is 1. The number of phenols is 1. The molecule has 0 fully saturated rings. The number of aromatic hydroxyl groups is 1.